The quantitative estimate of drug-likeness (QED) is 0.564. The SMILES string of the molecule is CC(=O)c1ccc(OS(=O)(=O)c2ccc(OC(F)F)c(Cl)c2)cc1. The third kappa shape index (κ3) is 4.42. The van der Waals surface area contributed by atoms with Gasteiger partial charge in [-0.2, -0.15) is 17.2 Å². The summed E-state index contributed by atoms with van der Waals surface area (Å²) in [6.45, 7) is -1.71. The molecule has 128 valence electrons. The van der Waals surface area contributed by atoms with Crippen molar-refractivity contribution in [2.24, 2.45) is 0 Å². The predicted molar refractivity (Wildman–Crippen MR) is 82.3 cm³/mol. The maximum atomic E-state index is 12.2. The van der Waals surface area contributed by atoms with Crippen molar-refractivity contribution in [1.29, 1.82) is 0 Å². The summed E-state index contributed by atoms with van der Waals surface area (Å²) in [4.78, 5) is 10.8. The van der Waals surface area contributed by atoms with Crippen LogP contribution in [0, 0.1) is 0 Å². The zero-order valence-corrected chi connectivity index (χ0v) is 13.8. The second-order valence-electron chi connectivity index (χ2n) is 4.59. The molecule has 0 amide bonds. The first-order chi connectivity index (χ1) is 11.2. The molecular formula is C15H11ClF2O5S. The fourth-order valence-corrected chi connectivity index (χ4v) is 3.00. The average molecular weight is 377 g/mol. The lowest BCUT2D eigenvalue weighted by atomic mass is 10.1. The number of ether oxygens (including phenoxy) is 1. The maximum Gasteiger partial charge on any atom is 0.387 e. The van der Waals surface area contributed by atoms with Gasteiger partial charge in [-0.25, -0.2) is 0 Å². The standard InChI is InChI=1S/C15H11ClF2O5S/c1-9(19)10-2-4-11(5-3-10)23-24(20,21)12-6-7-14(13(16)8-12)22-15(17)18/h2-8,15H,1H3. The van der Waals surface area contributed by atoms with Crippen LogP contribution < -0.4 is 8.92 Å². The van der Waals surface area contributed by atoms with Crippen LogP contribution in [0.3, 0.4) is 0 Å². The van der Waals surface area contributed by atoms with Crippen LogP contribution in [-0.2, 0) is 10.1 Å². The van der Waals surface area contributed by atoms with Crippen molar-refractivity contribution in [2.45, 2.75) is 18.4 Å². The molecule has 0 aliphatic carbocycles. The molecule has 2 rings (SSSR count). The predicted octanol–water partition coefficient (Wildman–Crippen LogP) is 3.91. The van der Waals surface area contributed by atoms with Gasteiger partial charge in [0.25, 0.3) is 0 Å². The minimum Gasteiger partial charge on any atom is -0.433 e. The summed E-state index contributed by atoms with van der Waals surface area (Å²) >= 11 is 5.72. The van der Waals surface area contributed by atoms with Crippen molar-refractivity contribution in [3.63, 3.8) is 0 Å². The van der Waals surface area contributed by atoms with Crippen molar-refractivity contribution in [3.05, 3.63) is 53.1 Å². The summed E-state index contributed by atoms with van der Waals surface area (Å²) in [7, 11) is -4.23. The van der Waals surface area contributed by atoms with Gasteiger partial charge in [0, 0.05) is 5.56 Å². The number of alkyl halides is 2. The van der Waals surface area contributed by atoms with Gasteiger partial charge in [-0.3, -0.25) is 4.79 Å². The summed E-state index contributed by atoms with van der Waals surface area (Å²) in [5.74, 6) is -0.536. The third-order valence-electron chi connectivity index (χ3n) is 2.87. The van der Waals surface area contributed by atoms with Gasteiger partial charge in [-0.15, -0.1) is 0 Å². The summed E-state index contributed by atoms with van der Waals surface area (Å²) in [5.41, 5.74) is 0.399. The molecule has 0 N–H and O–H groups in total. The van der Waals surface area contributed by atoms with Gasteiger partial charge in [-0.1, -0.05) is 11.6 Å². The number of hydrogen-bond donors (Lipinski definition) is 0. The Labute approximate surface area is 141 Å². The van der Waals surface area contributed by atoms with E-state index in [1.165, 1.54) is 31.2 Å². The fraction of sp³-hybridized carbons (Fsp3) is 0.133. The largest absolute Gasteiger partial charge is 0.433 e. The van der Waals surface area contributed by atoms with Gasteiger partial charge < -0.3 is 8.92 Å². The fourth-order valence-electron chi connectivity index (χ4n) is 1.75. The first kappa shape index (κ1) is 18.2. The molecule has 0 aromatic heterocycles. The van der Waals surface area contributed by atoms with Crippen LogP contribution in [0.4, 0.5) is 8.78 Å². The molecular weight excluding hydrogens is 366 g/mol. The molecule has 9 heteroatoms. The summed E-state index contributed by atoms with van der Waals surface area (Å²) in [6, 6.07) is 8.46. The highest BCUT2D eigenvalue weighted by Gasteiger charge is 2.19. The number of carbonyl (C=O) groups is 1. The topological polar surface area (TPSA) is 69.7 Å². The highest BCUT2D eigenvalue weighted by molar-refractivity contribution is 7.87. The number of benzene rings is 2. The van der Waals surface area contributed by atoms with Gasteiger partial charge in [-0.05, 0) is 49.4 Å². The molecule has 5 nitrogen and oxygen atoms in total. The Bertz CT molecular complexity index is 851. The Morgan fingerprint density at radius 2 is 1.75 bits per heavy atom. The van der Waals surface area contributed by atoms with Crippen molar-refractivity contribution in [3.8, 4) is 11.5 Å². The minimum absolute atomic E-state index is 0.0102. The van der Waals surface area contributed by atoms with Crippen molar-refractivity contribution < 1.29 is 30.9 Å². The molecule has 24 heavy (non-hydrogen) atoms. The van der Waals surface area contributed by atoms with E-state index in [-0.39, 0.29) is 27.2 Å². The summed E-state index contributed by atoms with van der Waals surface area (Å²) in [5, 5.41) is -0.299. The highest BCUT2D eigenvalue weighted by atomic mass is 35.5. The van der Waals surface area contributed by atoms with E-state index in [1.54, 1.807) is 0 Å². The van der Waals surface area contributed by atoms with Gasteiger partial charge in [0.1, 0.15) is 16.4 Å². The van der Waals surface area contributed by atoms with Crippen LogP contribution in [0.1, 0.15) is 17.3 Å². The Hall–Kier alpha value is -2.19. The van der Waals surface area contributed by atoms with E-state index in [9.17, 15) is 22.0 Å². The van der Waals surface area contributed by atoms with Crippen molar-refractivity contribution in [1.82, 2.24) is 0 Å². The van der Waals surface area contributed by atoms with Gasteiger partial charge in [0.15, 0.2) is 5.78 Å². The molecule has 2 aromatic rings. The zero-order chi connectivity index (χ0) is 17.9. The molecule has 0 fully saturated rings. The lowest BCUT2D eigenvalue weighted by Gasteiger charge is -2.10. The Kier molecular flexibility index (Phi) is 5.40. The molecule has 0 aliphatic heterocycles. The highest BCUT2D eigenvalue weighted by Crippen LogP contribution is 2.29. The summed E-state index contributed by atoms with van der Waals surface area (Å²) in [6.07, 6.45) is 0. The van der Waals surface area contributed by atoms with Crippen LogP contribution in [-0.4, -0.2) is 20.8 Å². The molecule has 0 saturated carbocycles. The van der Waals surface area contributed by atoms with Gasteiger partial charge >= 0.3 is 16.7 Å². The van der Waals surface area contributed by atoms with Crippen LogP contribution in [0.2, 0.25) is 5.02 Å². The van der Waals surface area contributed by atoms with Crippen LogP contribution >= 0.6 is 11.6 Å². The first-order valence-corrected chi connectivity index (χ1v) is 8.27. The van der Waals surface area contributed by atoms with E-state index in [2.05, 4.69) is 4.74 Å². The number of rotatable bonds is 6. The number of halogens is 3. The molecule has 0 radical (unpaired) electrons. The number of carbonyl (C=O) groups excluding carboxylic acids is 1. The van der Waals surface area contributed by atoms with Crippen LogP contribution in [0.5, 0.6) is 11.5 Å². The van der Waals surface area contributed by atoms with E-state index in [0.717, 1.165) is 18.2 Å². The summed E-state index contributed by atoms with van der Waals surface area (Å²) < 4.78 is 57.7. The second-order valence-corrected chi connectivity index (χ2v) is 6.54. The van der Waals surface area contributed by atoms with Gasteiger partial charge in [0.2, 0.25) is 0 Å². The van der Waals surface area contributed by atoms with Crippen LogP contribution in [0.25, 0.3) is 0 Å². The zero-order valence-electron chi connectivity index (χ0n) is 12.2. The smallest absolute Gasteiger partial charge is 0.387 e. The minimum atomic E-state index is -4.23. The van der Waals surface area contributed by atoms with E-state index in [0.29, 0.717) is 5.56 Å². The molecule has 0 unspecified atom stereocenters. The van der Waals surface area contributed by atoms with Crippen LogP contribution in [0.15, 0.2) is 47.4 Å². The lowest BCUT2D eigenvalue weighted by molar-refractivity contribution is -0.0498. The Morgan fingerprint density at radius 3 is 2.25 bits per heavy atom. The monoisotopic (exact) mass is 376 g/mol. The van der Waals surface area contributed by atoms with Gasteiger partial charge in [0.05, 0.1) is 5.02 Å². The molecule has 0 aliphatic rings. The average Bonchev–Trinajstić information content (AvgIpc) is 2.49. The molecule has 2 aromatic carbocycles. The molecule has 0 heterocycles. The number of hydrogen-bond acceptors (Lipinski definition) is 5. The molecule has 0 atom stereocenters. The number of ketones is 1. The van der Waals surface area contributed by atoms with E-state index < -0.39 is 16.7 Å². The molecule has 0 spiro atoms. The van der Waals surface area contributed by atoms with Crippen molar-refractivity contribution >= 4 is 27.5 Å². The normalized spacial score (nSPS) is 11.4. The Balaban J connectivity index is 2.23. The Morgan fingerprint density at radius 1 is 1.12 bits per heavy atom. The van der Waals surface area contributed by atoms with E-state index in [4.69, 9.17) is 15.8 Å². The number of Topliss-reactive ketones (excluding diaryl/α,β-unsaturated/α-hetero) is 1. The first-order valence-electron chi connectivity index (χ1n) is 6.49. The van der Waals surface area contributed by atoms with E-state index >= 15 is 0 Å². The third-order valence-corrected chi connectivity index (χ3v) is 4.41. The van der Waals surface area contributed by atoms with Crippen molar-refractivity contribution in [2.75, 3.05) is 0 Å². The molecule has 0 bridgehead atoms. The maximum absolute atomic E-state index is 12.2. The lowest BCUT2D eigenvalue weighted by Crippen LogP contribution is -2.10. The molecule has 0 saturated heterocycles. The van der Waals surface area contributed by atoms with E-state index in [1.807, 2.05) is 0 Å². The second kappa shape index (κ2) is 7.14.